The van der Waals surface area contributed by atoms with Crippen molar-refractivity contribution in [3.8, 4) is 16.9 Å². The second-order valence-electron chi connectivity index (χ2n) is 7.25. The number of para-hydroxylation sites is 1. The SMILES string of the molecule is [2H]C([2H])([2H])NC(=O)c1cnc(NC(=O)C2CC2)cc1Nc1cccc(-c2cnn(C)c2)c1OC. The van der Waals surface area contributed by atoms with Gasteiger partial charge in [0.1, 0.15) is 11.6 Å². The van der Waals surface area contributed by atoms with Gasteiger partial charge in [0.2, 0.25) is 5.91 Å². The topological polar surface area (TPSA) is 110 Å². The van der Waals surface area contributed by atoms with Gasteiger partial charge in [0.15, 0.2) is 0 Å². The minimum Gasteiger partial charge on any atom is -0.494 e. The first-order valence-electron chi connectivity index (χ1n) is 11.2. The van der Waals surface area contributed by atoms with Gasteiger partial charge < -0.3 is 20.7 Å². The molecule has 3 N–H and O–H groups in total. The van der Waals surface area contributed by atoms with Gasteiger partial charge in [-0.3, -0.25) is 14.3 Å². The fraction of sp³-hybridized carbons (Fsp3) is 0.273. The summed E-state index contributed by atoms with van der Waals surface area (Å²) in [6.07, 6.45) is 6.43. The van der Waals surface area contributed by atoms with Crippen molar-refractivity contribution in [2.45, 2.75) is 12.8 Å². The van der Waals surface area contributed by atoms with Gasteiger partial charge in [-0.05, 0) is 18.9 Å². The summed E-state index contributed by atoms with van der Waals surface area (Å²) < 4.78 is 29.4. The number of ether oxygens (including phenoxy) is 1. The molecule has 1 aromatic carbocycles. The molecule has 0 unspecified atom stereocenters. The summed E-state index contributed by atoms with van der Waals surface area (Å²) in [6.45, 7) is -2.68. The molecule has 0 radical (unpaired) electrons. The predicted octanol–water partition coefficient (Wildman–Crippen LogP) is 2.94. The number of aromatic nitrogens is 3. The van der Waals surface area contributed by atoms with E-state index in [0.29, 0.717) is 11.4 Å². The van der Waals surface area contributed by atoms with Crippen LogP contribution in [0.15, 0.2) is 42.9 Å². The Kier molecular flexibility index (Phi) is 4.61. The third-order valence-electron chi connectivity index (χ3n) is 4.97. The second-order valence-corrected chi connectivity index (χ2v) is 7.25. The van der Waals surface area contributed by atoms with E-state index in [1.54, 1.807) is 16.9 Å². The van der Waals surface area contributed by atoms with Crippen LogP contribution in [0.1, 0.15) is 27.3 Å². The first kappa shape index (κ1) is 16.9. The fourth-order valence-electron chi connectivity index (χ4n) is 3.24. The average molecular weight is 423 g/mol. The lowest BCUT2D eigenvalue weighted by Gasteiger charge is -2.17. The van der Waals surface area contributed by atoms with Crippen molar-refractivity contribution in [1.82, 2.24) is 20.1 Å². The lowest BCUT2D eigenvalue weighted by Crippen LogP contribution is -2.20. The highest BCUT2D eigenvalue weighted by Crippen LogP contribution is 2.38. The molecule has 2 amide bonds. The highest BCUT2D eigenvalue weighted by Gasteiger charge is 2.30. The van der Waals surface area contributed by atoms with E-state index in [0.717, 1.165) is 24.0 Å². The van der Waals surface area contributed by atoms with Crippen molar-refractivity contribution in [2.75, 3.05) is 24.7 Å². The number of pyridine rings is 1. The van der Waals surface area contributed by atoms with Crippen molar-refractivity contribution in [2.24, 2.45) is 13.0 Å². The van der Waals surface area contributed by atoms with E-state index in [-0.39, 0.29) is 28.9 Å². The van der Waals surface area contributed by atoms with Crippen LogP contribution in [-0.4, -0.2) is 40.7 Å². The lowest BCUT2D eigenvalue weighted by atomic mass is 10.1. The zero-order valence-electron chi connectivity index (χ0n) is 20.1. The zero-order valence-corrected chi connectivity index (χ0v) is 17.1. The molecular formula is C22H24N6O3. The average Bonchev–Trinajstić information content (AvgIpc) is 3.53. The van der Waals surface area contributed by atoms with Gasteiger partial charge in [0.05, 0.1) is 30.2 Å². The highest BCUT2D eigenvalue weighted by atomic mass is 16.5. The zero-order chi connectivity index (χ0) is 24.5. The van der Waals surface area contributed by atoms with Crippen LogP contribution < -0.4 is 20.7 Å². The number of anilines is 3. The largest absolute Gasteiger partial charge is 0.494 e. The number of methoxy groups -OCH3 is 1. The summed E-state index contributed by atoms with van der Waals surface area (Å²) in [6, 6.07) is 6.93. The Bertz CT molecular complexity index is 1240. The Morgan fingerprint density at radius 3 is 2.77 bits per heavy atom. The molecule has 9 nitrogen and oxygen atoms in total. The number of benzene rings is 1. The number of rotatable bonds is 7. The summed E-state index contributed by atoms with van der Waals surface area (Å²) in [5, 5.41) is 12.1. The third-order valence-corrected chi connectivity index (χ3v) is 4.97. The van der Waals surface area contributed by atoms with Crippen LogP contribution in [0.5, 0.6) is 5.75 Å². The van der Waals surface area contributed by atoms with Gasteiger partial charge >= 0.3 is 0 Å². The van der Waals surface area contributed by atoms with Crippen LogP contribution in [0.4, 0.5) is 17.2 Å². The maximum atomic E-state index is 12.7. The van der Waals surface area contributed by atoms with Gasteiger partial charge in [0, 0.05) is 53.6 Å². The molecule has 2 aromatic heterocycles. The standard InChI is InChI=1S/C22H24N6O3/c1-23-22(30)16-11-24-19(27-21(29)13-7-8-13)9-18(16)26-17-6-4-5-15(20(17)31-3)14-10-25-28(2)12-14/h4-6,9-13H,7-8H2,1-3H3,(H,23,30)(H2,24,26,27,29)/i1D3. The third kappa shape index (κ3) is 4.35. The van der Waals surface area contributed by atoms with Crippen LogP contribution in [0, 0.1) is 5.92 Å². The first-order valence-corrected chi connectivity index (χ1v) is 9.71. The predicted molar refractivity (Wildman–Crippen MR) is 117 cm³/mol. The number of hydrogen-bond donors (Lipinski definition) is 3. The molecular weight excluding hydrogens is 396 g/mol. The Labute approximate surface area is 184 Å². The number of nitrogens with zero attached hydrogens (tertiary/aromatic N) is 3. The second kappa shape index (κ2) is 8.47. The molecule has 0 atom stereocenters. The van der Waals surface area contributed by atoms with E-state index in [2.05, 4.69) is 20.7 Å². The monoisotopic (exact) mass is 423 g/mol. The molecule has 1 aliphatic rings. The van der Waals surface area contributed by atoms with Crippen LogP contribution in [0.2, 0.25) is 0 Å². The molecule has 0 aliphatic heterocycles. The van der Waals surface area contributed by atoms with Crippen LogP contribution in [-0.2, 0) is 11.8 Å². The fourth-order valence-corrected chi connectivity index (χ4v) is 3.24. The van der Waals surface area contributed by atoms with Crippen LogP contribution in [0.25, 0.3) is 11.1 Å². The van der Waals surface area contributed by atoms with Crippen molar-refractivity contribution in [3.63, 3.8) is 0 Å². The molecule has 160 valence electrons. The van der Waals surface area contributed by atoms with E-state index in [1.807, 2.05) is 30.7 Å². The number of carbonyl (C=O) groups excluding carboxylic acids is 2. The Hall–Kier alpha value is -3.88. The summed E-state index contributed by atoms with van der Waals surface area (Å²) in [5.41, 5.74) is 2.37. The van der Waals surface area contributed by atoms with Crippen molar-refractivity contribution < 1.29 is 18.4 Å². The van der Waals surface area contributed by atoms with E-state index in [4.69, 9.17) is 8.85 Å². The van der Waals surface area contributed by atoms with E-state index < -0.39 is 12.9 Å². The number of aryl methyl sites for hydroxylation is 1. The van der Waals surface area contributed by atoms with Gasteiger partial charge in [-0.15, -0.1) is 0 Å². The summed E-state index contributed by atoms with van der Waals surface area (Å²) in [5.74, 6) is -0.273. The lowest BCUT2D eigenvalue weighted by molar-refractivity contribution is -0.117. The van der Waals surface area contributed by atoms with Crippen LogP contribution in [0.3, 0.4) is 0 Å². The van der Waals surface area contributed by atoms with Crippen molar-refractivity contribution in [1.29, 1.82) is 0 Å². The minimum atomic E-state index is -2.68. The maximum absolute atomic E-state index is 12.7. The van der Waals surface area contributed by atoms with Crippen molar-refractivity contribution >= 4 is 29.0 Å². The molecule has 0 saturated heterocycles. The van der Waals surface area contributed by atoms with E-state index >= 15 is 0 Å². The van der Waals surface area contributed by atoms with E-state index in [1.165, 1.54) is 19.4 Å². The quantitative estimate of drug-likeness (QED) is 0.539. The van der Waals surface area contributed by atoms with Crippen LogP contribution >= 0.6 is 0 Å². The molecule has 1 fully saturated rings. The Morgan fingerprint density at radius 1 is 1.26 bits per heavy atom. The summed E-state index contributed by atoms with van der Waals surface area (Å²) in [4.78, 5) is 29.0. The molecule has 0 spiro atoms. The Balaban J connectivity index is 1.72. The molecule has 0 bridgehead atoms. The highest BCUT2D eigenvalue weighted by molar-refractivity contribution is 6.01. The number of nitrogens with one attached hydrogen (secondary N) is 3. The molecule has 3 aromatic rings. The first-order chi connectivity index (χ1) is 16.1. The minimum absolute atomic E-state index is 0.00520. The number of amides is 2. The van der Waals surface area contributed by atoms with E-state index in [9.17, 15) is 9.59 Å². The number of hydrogen-bond acceptors (Lipinski definition) is 6. The molecule has 1 saturated carbocycles. The maximum Gasteiger partial charge on any atom is 0.254 e. The molecule has 4 rings (SSSR count). The van der Waals surface area contributed by atoms with Crippen molar-refractivity contribution in [3.05, 3.63) is 48.4 Å². The molecule has 9 heteroatoms. The van der Waals surface area contributed by atoms with Gasteiger partial charge in [-0.2, -0.15) is 5.10 Å². The summed E-state index contributed by atoms with van der Waals surface area (Å²) in [7, 11) is 3.33. The van der Waals surface area contributed by atoms with Gasteiger partial charge in [-0.25, -0.2) is 4.98 Å². The smallest absolute Gasteiger partial charge is 0.254 e. The molecule has 2 heterocycles. The molecule has 1 aliphatic carbocycles. The van der Waals surface area contributed by atoms with Gasteiger partial charge in [0.25, 0.3) is 5.91 Å². The summed E-state index contributed by atoms with van der Waals surface area (Å²) >= 11 is 0. The number of carbonyl (C=O) groups is 2. The van der Waals surface area contributed by atoms with Gasteiger partial charge in [-0.1, -0.05) is 12.1 Å². The Morgan fingerprint density at radius 2 is 2.10 bits per heavy atom. The normalized spacial score (nSPS) is 14.7. The molecule has 31 heavy (non-hydrogen) atoms.